The molecule has 0 saturated carbocycles. The molecule has 2 fully saturated rings. The van der Waals surface area contributed by atoms with Gasteiger partial charge in [-0.2, -0.15) is 0 Å². The van der Waals surface area contributed by atoms with Crippen molar-refractivity contribution in [3.05, 3.63) is 84.1 Å². The Morgan fingerprint density at radius 1 is 0.947 bits per heavy atom. The third-order valence-electron chi connectivity index (χ3n) is 7.70. The first-order valence-corrected chi connectivity index (χ1v) is 12.3. The molecule has 38 heavy (non-hydrogen) atoms. The van der Waals surface area contributed by atoms with Crippen molar-refractivity contribution in [2.45, 2.75) is 12.1 Å². The average Bonchev–Trinajstić information content (AvgIpc) is 3.62. The summed E-state index contributed by atoms with van der Waals surface area (Å²) in [6.07, 6.45) is 3.75. The molecule has 0 aliphatic carbocycles. The third-order valence-corrected chi connectivity index (χ3v) is 7.70. The summed E-state index contributed by atoms with van der Waals surface area (Å²) in [5, 5.41) is 2.94. The molecule has 3 aromatic rings. The standard InChI is InChI=1S/C29H23N3O6/c1-36-19-9-6-17(7-10-19)30-27(33)26-24-23(25-20-5-3-2-4-16(20)12-13-31(25)26)28(34)32(29(24)35)18-8-11-21-22(14-18)38-15-37-21/h2-14,23-26H,15H2,1H3,(H,30,33)/t23-,24-,25-,26+/m1/s1. The van der Waals surface area contributed by atoms with Crippen LogP contribution in [0.15, 0.2) is 72.9 Å². The van der Waals surface area contributed by atoms with Gasteiger partial charge in [0.2, 0.25) is 24.5 Å². The summed E-state index contributed by atoms with van der Waals surface area (Å²) in [6, 6.07) is 18.4. The lowest BCUT2D eigenvalue weighted by Gasteiger charge is -2.35. The number of imide groups is 1. The second-order valence-electron chi connectivity index (χ2n) is 9.60. The zero-order chi connectivity index (χ0) is 26.0. The molecule has 4 aliphatic heterocycles. The number of carbonyl (C=O) groups excluding carboxylic acids is 3. The van der Waals surface area contributed by atoms with Crippen molar-refractivity contribution >= 4 is 35.2 Å². The molecule has 3 amide bonds. The fourth-order valence-electron chi connectivity index (χ4n) is 6.03. The van der Waals surface area contributed by atoms with Gasteiger partial charge in [-0.15, -0.1) is 0 Å². The first-order valence-electron chi connectivity index (χ1n) is 12.3. The summed E-state index contributed by atoms with van der Waals surface area (Å²) >= 11 is 0. The highest BCUT2D eigenvalue weighted by molar-refractivity contribution is 6.24. The van der Waals surface area contributed by atoms with E-state index in [2.05, 4.69) is 5.32 Å². The maximum absolute atomic E-state index is 14.0. The second kappa shape index (κ2) is 8.37. The van der Waals surface area contributed by atoms with Crippen LogP contribution in [0, 0.1) is 11.8 Å². The fraction of sp³-hybridized carbons (Fsp3) is 0.207. The highest BCUT2D eigenvalue weighted by atomic mass is 16.7. The van der Waals surface area contributed by atoms with Crippen LogP contribution in [0.2, 0.25) is 0 Å². The van der Waals surface area contributed by atoms with Gasteiger partial charge in [0.1, 0.15) is 11.8 Å². The van der Waals surface area contributed by atoms with Gasteiger partial charge in [0, 0.05) is 18.0 Å². The van der Waals surface area contributed by atoms with E-state index in [9.17, 15) is 14.4 Å². The van der Waals surface area contributed by atoms with Gasteiger partial charge >= 0.3 is 0 Å². The molecule has 3 aromatic carbocycles. The van der Waals surface area contributed by atoms with Gasteiger partial charge in [-0.25, -0.2) is 4.90 Å². The molecule has 0 unspecified atom stereocenters. The van der Waals surface area contributed by atoms with E-state index in [-0.39, 0.29) is 18.6 Å². The van der Waals surface area contributed by atoms with Gasteiger partial charge in [0.15, 0.2) is 11.5 Å². The van der Waals surface area contributed by atoms with Crippen molar-refractivity contribution in [1.29, 1.82) is 0 Å². The first-order chi connectivity index (χ1) is 18.5. The summed E-state index contributed by atoms with van der Waals surface area (Å²) in [5.41, 5.74) is 2.85. The Kier molecular flexibility index (Phi) is 4.94. The molecule has 4 heterocycles. The summed E-state index contributed by atoms with van der Waals surface area (Å²) < 4.78 is 16.1. The van der Waals surface area contributed by atoms with Crippen molar-refractivity contribution in [1.82, 2.24) is 4.90 Å². The molecule has 9 nitrogen and oxygen atoms in total. The lowest BCUT2D eigenvalue weighted by Crippen LogP contribution is -2.46. The van der Waals surface area contributed by atoms with Crippen LogP contribution in [0.3, 0.4) is 0 Å². The van der Waals surface area contributed by atoms with E-state index < -0.39 is 29.8 Å². The Morgan fingerprint density at radius 3 is 2.53 bits per heavy atom. The van der Waals surface area contributed by atoms with E-state index in [1.54, 1.807) is 49.6 Å². The van der Waals surface area contributed by atoms with E-state index in [1.165, 1.54) is 4.90 Å². The van der Waals surface area contributed by atoms with E-state index >= 15 is 0 Å². The van der Waals surface area contributed by atoms with E-state index in [1.807, 2.05) is 41.4 Å². The van der Waals surface area contributed by atoms with Crippen molar-refractivity contribution in [3.63, 3.8) is 0 Å². The van der Waals surface area contributed by atoms with Crippen LogP contribution in [0.4, 0.5) is 11.4 Å². The van der Waals surface area contributed by atoms with E-state index in [0.717, 1.165) is 11.1 Å². The molecular weight excluding hydrogens is 486 g/mol. The summed E-state index contributed by atoms with van der Waals surface area (Å²) in [4.78, 5) is 44.8. The minimum absolute atomic E-state index is 0.0830. The highest BCUT2D eigenvalue weighted by Crippen LogP contribution is 2.53. The Hall–Kier alpha value is -4.79. The number of carbonyl (C=O) groups is 3. The molecule has 7 rings (SSSR count). The topological polar surface area (TPSA) is 97.4 Å². The number of rotatable bonds is 4. The molecule has 9 heteroatoms. The van der Waals surface area contributed by atoms with Crippen molar-refractivity contribution in [3.8, 4) is 17.2 Å². The van der Waals surface area contributed by atoms with Crippen LogP contribution in [-0.4, -0.2) is 42.6 Å². The number of anilines is 2. The molecule has 4 atom stereocenters. The second-order valence-corrected chi connectivity index (χ2v) is 9.60. The fourth-order valence-corrected chi connectivity index (χ4v) is 6.03. The first kappa shape index (κ1) is 22.4. The summed E-state index contributed by atoms with van der Waals surface area (Å²) in [7, 11) is 1.57. The van der Waals surface area contributed by atoms with Gasteiger partial charge in [0.25, 0.3) is 0 Å². The summed E-state index contributed by atoms with van der Waals surface area (Å²) in [6.45, 7) is 0.0830. The third kappa shape index (κ3) is 3.21. The van der Waals surface area contributed by atoms with Crippen LogP contribution >= 0.6 is 0 Å². The molecule has 0 aromatic heterocycles. The number of benzene rings is 3. The predicted octanol–water partition coefficient (Wildman–Crippen LogP) is 3.58. The molecule has 1 N–H and O–H groups in total. The SMILES string of the molecule is COc1ccc(NC(=O)[C@@H]2[C@@H]3C(=O)N(c4ccc5c(c4)OCO5)C(=O)[C@H]3[C@H]3c4ccccc4C=CN23)cc1. The molecule has 0 spiro atoms. The van der Waals surface area contributed by atoms with Crippen LogP contribution < -0.4 is 24.4 Å². The van der Waals surface area contributed by atoms with Crippen LogP contribution in [0.25, 0.3) is 6.08 Å². The maximum atomic E-state index is 14.0. The van der Waals surface area contributed by atoms with Gasteiger partial charge < -0.3 is 24.4 Å². The lowest BCUT2D eigenvalue weighted by atomic mass is 9.84. The Balaban J connectivity index is 1.29. The largest absolute Gasteiger partial charge is 0.497 e. The normalized spacial score (nSPS) is 24.2. The van der Waals surface area contributed by atoms with Gasteiger partial charge in [-0.1, -0.05) is 24.3 Å². The smallest absolute Gasteiger partial charge is 0.247 e. The molecule has 2 saturated heterocycles. The molecule has 4 aliphatic rings. The monoisotopic (exact) mass is 509 g/mol. The average molecular weight is 510 g/mol. The number of hydrogen-bond acceptors (Lipinski definition) is 7. The zero-order valence-corrected chi connectivity index (χ0v) is 20.4. The number of ether oxygens (including phenoxy) is 3. The Morgan fingerprint density at radius 2 is 1.71 bits per heavy atom. The van der Waals surface area contributed by atoms with Gasteiger partial charge in [-0.3, -0.25) is 14.4 Å². The molecule has 0 radical (unpaired) electrons. The number of nitrogens with one attached hydrogen (secondary N) is 1. The Bertz CT molecular complexity index is 1520. The number of amides is 3. The van der Waals surface area contributed by atoms with Crippen molar-refractivity contribution in [2.75, 3.05) is 24.1 Å². The molecular formula is C29H23N3O6. The minimum atomic E-state index is -0.882. The summed E-state index contributed by atoms with van der Waals surface area (Å²) in [5.74, 6) is -1.00. The highest BCUT2D eigenvalue weighted by Gasteiger charge is 2.64. The number of nitrogens with zero attached hydrogens (tertiary/aromatic N) is 2. The quantitative estimate of drug-likeness (QED) is 0.537. The minimum Gasteiger partial charge on any atom is -0.497 e. The zero-order valence-electron chi connectivity index (χ0n) is 20.4. The van der Waals surface area contributed by atoms with Crippen molar-refractivity contribution in [2.24, 2.45) is 11.8 Å². The Labute approximate surface area is 218 Å². The number of fused-ring (bicyclic) bond motifs is 6. The molecule has 0 bridgehead atoms. The molecule has 190 valence electrons. The predicted molar refractivity (Wildman–Crippen MR) is 138 cm³/mol. The van der Waals surface area contributed by atoms with E-state index in [4.69, 9.17) is 14.2 Å². The van der Waals surface area contributed by atoms with Crippen LogP contribution in [0.1, 0.15) is 17.2 Å². The maximum Gasteiger partial charge on any atom is 0.247 e. The number of methoxy groups -OCH3 is 1. The van der Waals surface area contributed by atoms with Gasteiger partial charge in [0.05, 0.1) is 30.7 Å². The van der Waals surface area contributed by atoms with Gasteiger partial charge in [-0.05, 0) is 53.6 Å². The van der Waals surface area contributed by atoms with Crippen molar-refractivity contribution < 1.29 is 28.6 Å². The van der Waals surface area contributed by atoms with E-state index in [0.29, 0.717) is 28.6 Å². The lowest BCUT2D eigenvalue weighted by molar-refractivity contribution is -0.128. The number of hydrogen-bond donors (Lipinski definition) is 1. The van der Waals surface area contributed by atoms with Crippen LogP contribution in [-0.2, 0) is 14.4 Å². The van der Waals surface area contributed by atoms with Crippen LogP contribution in [0.5, 0.6) is 17.2 Å².